The second-order valence-electron chi connectivity index (χ2n) is 10.9. The second kappa shape index (κ2) is 26.2. The lowest BCUT2D eigenvalue weighted by Gasteiger charge is -2.13. The van der Waals surface area contributed by atoms with Gasteiger partial charge in [-0.2, -0.15) is 8.78 Å². The molecule has 0 bridgehead atoms. The van der Waals surface area contributed by atoms with Crippen molar-refractivity contribution in [2.24, 2.45) is 0 Å². The molecule has 0 unspecified atom stereocenters. The number of halogens is 5. The summed E-state index contributed by atoms with van der Waals surface area (Å²) >= 11 is 0. The van der Waals surface area contributed by atoms with Crippen molar-refractivity contribution in [3.05, 3.63) is 64.5 Å². The molecule has 14 nitrogen and oxygen atoms in total. The molecule has 0 aliphatic carbocycles. The van der Waals surface area contributed by atoms with Gasteiger partial charge in [0.25, 0.3) is 11.8 Å². The van der Waals surface area contributed by atoms with Crippen molar-refractivity contribution in [3.63, 3.8) is 0 Å². The van der Waals surface area contributed by atoms with Crippen molar-refractivity contribution in [3.8, 4) is 5.75 Å². The van der Waals surface area contributed by atoms with E-state index in [1.807, 2.05) is 0 Å². The number of benzene rings is 2. The maximum atomic E-state index is 13.5. The van der Waals surface area contributed by atoms with E-state index in [0.29, 0.717) is 97.0 Å². The first kappa shape index (κ1) is 44.7. The summed E-state index contributed by atoms with van der Waals surface area (Å²) in [5.41, 5.74) is 0.834. The summed E-state index contributed by atoms with van der Waals surface area (Å²) in [6.45, 7) is 5.53. The van der Waals surface area contributed by atoms with Crippen LogP contribution in [0.3, 0.4) is 0 Å². The van der Waals surface area contributed by atoms with Crippen LogP contribution in [0.4, 0.5) is 22.0 Å². The zero-order valence-corrected chi connectivity index (χ0v) is 29.6. The normalized spacial score (nSPS) is 12.6. The topological polar surface area (TPSA) is 147 Å². The molecule has 302 valence electrons. The van der Waals surface area contributed by atoms with Crippen LogP contribution < -0.4 is 4.74 Å². The number of amides is 2. The Kier molecular flexibility index (Phi) is 21.7. The van der Waals surface area contributed by atoms with Gasteiger partial charge in [-0.3, -0.25) is 19.3 Å². The number of carbonyl (C=O) groups is 3. The fraction of sp³-hybridized carbons (Fsp3) is 0.571. The molecule has 1 aliphatic rings. The fourth-order valence-corrected chi connectivity index (χ4v) is 4.45. The molecule has 0 N–H and O–H groups in total. The van der Waals surface area contributed by atoms with Crippen molar-refractivity contribution in [1.82, 2.24) is 4.90 Å². The summed E-state index contributed by atoms with van der Waals surface area (Å²) in [7, 11) is 0. The molecule has 0 fully saturated rings. The minimum absolute atomic E-state index is 0.0702. The third kappa shape index (κ3) is 15.6. The van der Waals surface area contributed by atoms with Gasteiger partial charge >= 0.3 is 5.97 Å². The molecule has 2 aromatic carbocycles. The smallest absolute Gasteiger partial charge is 0.313 e. The lowest BCUT2D eigenvalue weighted by Crippen LogP contribution is -2.33. The van der Waals surface area contributed by atoms with Crippen molar-refractivity contribution in [2.45, 2.75) is 6.42 Å². The van der Waals surface area contributed by atoms with Crippen LogP contribution in [-0.4, -0.2) is 148 Å². The number of fused-ring (bicyclic) bond motifs is 1. The van der Waals surface area contributed by atoms with E-state index in [1.54, 1.807) is 24.3 Å². The van der Waals surface area contributed by atoms with Crippen LogP contribution in [0.25, 0.3) is 0 Å². The lowest BCUT2D eigenvalue weighted by atomic mass is 10.1. The third-order valence-electron chi connectivity index (χ3n) is 7.15. The highest BCUT2D eigenvalue weighted by molar-refractivity contribution is 6.21. The van der Waals surface area contributed by atoms with E-state index in [-0.39, 0.29) is 51.4 Å². The van der Waals surface area contributed by atoms with Gasteiger partial charge in [0, 0.05) is 0 Å². The summed E-state index contributed by atoms with van der Waals surface area (Å²) in [5, 5.41) is 0. The zero-order chi connectivity index (χ0) is 39.0. The monoisotopic (exact) mass is 781 g/mol. The van der Waals surface area contributed by atoms with Crippen LogP contribution in [-0.2, 0) is 47.4 Å². The van der Waals surface area contributed by atoms with Crippen LogP contribution in [0.1, 0.15) is 27.1 Å². The SMILES string of the molecule is O=C(CCOCCOCCOCCOCCOCCOCCOCCOCCOCCN1C(=O)c2ccccc2C1=O)Oc1c(F)c(F)c(F)c(F)c1F. The molecule has 19 heteroatoms. The van der Waals surface area contributed by atoms with Crippen LogP contribution in [0, 0.1) is 29.1 Å². The Labute approximate surface area is 308 Å². The summed E-state index contributed by atoms with van der Waals surface area (Å²) in [5.74, 6) is -14.8. The van der Waals surface area contributed by atoms with Gasteiger partial charge in [-0.25, -0.2) is 13.2 Å². The Bertz CT molecular complexity index is 1390. The summed E-state index contributed by atoms with van der Waals surface area (Å²) < 4.78 is 119. The predicted octanol–water partition coefficient (Wildman–Crippen LogP) is 3.12. The molecular formula is C35H44F5NO13. The maximum absolute atomic E-state index is 13.5. The number of carbonyl (C=O) groups excluding carboxylic acids is 3. The number of hydrogen-bond donors (Lipinski definition) is 0. The van der Waals surface area contributed by atoms with E-state index >= 15 is 0 Å². The van der Waals surface area contributed by atoms with Gasteiger partial charge in [0.15, 0.2) is 0 Å². The highest BCUT2D eigenvalue weighted by Gasteiger charge is 2.34. The quantitative estimate of drug-likeness (QED) is 0.0210. The minimum Gasteiger partial charge on any atom is -0.420 e. The van der Waals surface area contributed by atoms with E-state index in [9.17, 15) is 36.3 Å². The molecule has 0 aromatic heterocycles. The van der Waals surface area contributed by atoms with Crippen molar-refractivity contribution < 1.29 is 83.7 Å². The molecule has 2 amide bonds. The second-order valence-corrected chi connectivity index (χ2v) is 10.9. The number of hydrogen-bond acceptors (Lipinski definition) is 13. The van der Waals surface area contributed by atoms with E-state index in [2.05, 4.69) is 4.74 Å². The molecule has 0 spiro atoms. The number of nitrogens with zero attached hydrogens (tertiary/aromatic N) is 1. The Balaban J connectivity index is 0.969. The van der Waals surface area contributed by atoms with E-state index in [4.69, 9.17) is 42.6 Å². The summed E-state index contributed by atoms with van der Waals surface area (Å²) in [4.78, 5) is 37.4. The van der Waals surface area contributed by atoms with Gasteiger partial charge < -0.3 is 47.4 Å². The Hall–Kier alpha value is -3.66. The Morgan fingerprint density at radius 3 is 1.09 bits per heavy atom. The average molecular weight is 782 g/mol. The molecular weight excluding hydrogens is 737 g/mol. The van der Waals surface area contributed by atoms with E-state index in [1.165, 1.54) is 4.90 Å². The van der Waals surface area contributed by atoms with Gasteiger partial charge in [-0.1, -0.05) is 12.1 Å². The van der Waals surface area contributed by atoms with Gasteiger partial charge in [-0.05, 0) is 12.1 Å². The van der Waals surface area contributed by atoms with Crippen molar-refractivity contribution in [2.75, 3.05) is 125 Å². The molecule has 1 heterocycles. The van der Waals surface area contributed by atoms with Crippen LogP contribution >= 0.6 is 0 Å². The lowest BCUT2D eigenvalue weighted by molar-refractivity contribution is -0.136. The van der Waals surface area contributed by atoms with E-state index < -0.39 is 47.2 Å². The molecule has 3 rings (SSSR count). The zero-order valence-electron chi connectivity index (χ0n) is 29.6. The highest BCUT2D eigenvalue weighted by atomic mass is 19.2. The predicted molar refractivity (Wildman–Crippen MR) is 176 cm³/mol. The maximum Gasteiger partial charge on any atom is 0.313 e. The summed E-state index contributed by atoms with van der Waals surface area (Å²) in [6, 6.07) is 6.73. The minimum atomic E-state index is -2.35. The molecule has 0 saturated heterocycles. The van der Waals surface area contributed by atoms with Crippen LogP contribution in [0.2, 0.25) is 0 Å². The van der Waals surface area contributed by atoms with Crippen molar-refractivity contribution >= 4 is 17.8 Å². The molecule has 54 heavy (non-hydrogen) atoms. The number of imide groups is 1. The Morgan fingerprint density at radius 2 is 0.741 bits per heavy atom. The van der Waals surface area contributed by atoms with Gasteiger partial charge in [0.1, 0.15) is 0 Å². The van der Waals surface area contributed by atoms with Crippen molar-refractivity contribution in [1.29, 1.82) is 0 Å². The first-order chi connectivity index (χ1) is 26.2. The molecule has 2 aromatic rings. The third-order valence-corrected chi connectivity index (χ3v) is 7.15. The Morgan fingerprint density at radius 1 is 0.444 bits per heavy atom. The van der Waals surface area contributed by atoms with E-state index in [0.717, 1.165) is 0 Å². The van der Waals surface area contributed by atoms with Gasteiger partial charge in [0.05, 0.1) is 143 Å². The standard InChI is InChI=1S/C35H44F5NO13/c36-28-29(37)31(39)33(32(40)30(28)38)54-27(42)5-7-45-9-11-47-13-15-49-17-19-51-21-23-53-24-22-52-20-18-50-16-14-48-12-10-46-8-6-41-34(43)25-3-1-2-4-26(25)35(41)44/h1-4H,5-24H2. The average Bonchev–Trinajstić information content (AvgIpc) is 3.42. The largest absolute Gasteiger partial charge is 0.420 e. The number of esters is 1. The summed E-state index contributed by atoms with van der Waals surface area (Å²) in [6.07, 6.45) is -0.495. The van der Waals surface area contributed by atoms with Gasteiger partial charge in [-0.15, -0.1) is 0 Å². The molecule has 0 saturated carbocycles. The number of ether oxygens (including phenoxy) is 10. The molecule has 0 atom stereocenters. The van der Waals surface area contributed by atoms with Crippen LogP contribution in [0.5, 0.6) is 5.75 Å². The number of rotatable bonds is 31. The van der Waals surface area contributed by atoms with Crippen LogP contribution in [0.15, 0.2) is 24.3 Å². The molecule has 1 aliphatic heterocycles. The fourth-order valence-electron chi connectivity index (χ4n) is 4.45. The highest BCUT2D eigenvalue weighted by Crippen LogP contribution is 2.29. The first-order valence-electron chi connectivity index (χ1n) is 17.1. The molecule has 0 radical (unpaired) electrons. The first-order valence-corrected chi connectivity index (χ1v) is 17.1. The van der Waals surface area contributed by atoms with Gasteiger partial charge in [0.2, 0.25) is 34.8 Å².